The summed E-state index contributed by atoms with van der Waals surface area (Å²) in [6.45, 7) is 5.71. The molecule has 0 aliphatic heterocycles. The highest BCUT2D eigenvalue weighted by Gasteiger charge is 2.21. The van der Waals surface area contributed by atoms with Crippen LogP contribution in [0.2, 0.25) is 0 Å². The third-order valence-electron chi connectivity index (χ3n) is 2.06. The first-order valence-corrected chi connectivity index (χ1v) is 4.91. The zero-order valence-corrected chi connectivity index (χ0v) is 9.41. The molecule has 0 atom stereocenters. The highest BCUT2D eigenvalue weighted by Crippen LogP contribution is 2.18. The number of rotatable bonds is 3. The molecular weight excluding hydrogens is 190 g/mol. The molecule has 0 saturated heterocycles. The van der Waals surface area contributed by atoms with Crippen molar-refractivity contribution in [3.63, 3.8) is 0 Å². The van der Waals surface area contributed by atoms with Gasteiger partial charge in [-0.1, -0.05) is 26.8 Å². The van der Waals surface area contributed by atoms with Crippen LogP contribution in [0.25, 0.3) is 0 Å². The molecule has 0 aliphatic rings. The quantitative estimate of drug-likeness (QED) is 0.773. The van der Waals surface area contributed by atoms with Crippen molar-refractivity contribution in [2.45, 2.75) is 20.8 Å². The predicted molar refractivity (Wildman–Crippen MR) is 60.8 cm³/mol. The molecule has 1 aromatic rings. The summed E-state index contributed by atoms with van der Waals surface area (Å²) in [5.41, 5.74) is 5.86. The van der Waals surface area contributed by atoms with E-state index in [0.717, 1.165) is 0 Å². The standard InChI is InChI=1S/C12H17NO2/c1-12(2,3)11(14)8-15-10-6-4-5-9(13)7-10/h4-7H,8,13H2,1-3H3. The Kier molecular flexibility index (Phi) is 3.35. The molecule has 15 heavy (non-hydrogen) atoms. The van der Waals surface area contributed by atoms with Gasteiger partial charge in [-0.2, -0.15) is 0 Å². The fraction of sp³-hybridized carbons (Fsp3) is 0.417. The highest BCUT2D eigenvalue weighted by molar-refractivity contribution is 5.85. The molecule has 0 heterocycles. The first kappa shape index (κ1) is 11.6. The molecule has 0 aliphatic carbocycles. The highest BCUT2D eigenvalue weighted by atomic mass is 16.5. The van der Waals surface area contributed by atoms with Crippen molar-refractivity contribution >= 4 is 11.5 Å². The average molecular weight is 207 g/mol. The van der Waals surface area contributed by atoms with E-state index >= 15 is 0 Å². The van der Waals surface area contributed by atoms with E-state index < -0.39 is 0 Å². The van der Waals surface area contributed by atoms with Crippen molar-refractivity contribution in [3.8, 4) is 5.75 Å². The Bertz CT molecular complexity index is 353. The van der Waals surface area contributed by atoms with Crippen LogP contribution in [0, 0.1) is 5.41 Å². The summed E-state index contributed by atoms with van der Waals surface area (Å²) in [5, 5.41) is 0. The van der Waals surface area contributed by atoms with Gasteiger partial charge in [-0.3, -0.25) is 4.79 Å². The number of ketones is 1. The van der Waals surface area contributed by atoms with Gasteiger partial charge in [0.25, 0.3) is 0 Å². The van der Waals surface area contributed by atoms with Gasteiger partial charge in [0.15, 0.2) is 5.78 Å². The summed E-state index contributed by atoms with van der Waals surface area (Å²) >= 11 is 0. The number of Topliss-reactive ketones (excluding diaryl/α,β-unsaturated/α-hetero) is 1. The first-order valence-electron chi connectivity index (χ1n) is 4.91. The second-order valence-electron chi connectivity index (χ2n) is 4.53. The van der Waals surface area contributed by atoms with Crippen LogP contribution in [0.15, 0.2) is 24.3 Å². The van der Waals surface area contributed by atoms with Gasteiger partial charge in [-0.25, -0.2) is 0 Å². The molecule has 0 spiro atoms. The van der Waals surface area contributed by atoms with Crippen LogP contribution < -0.4 is 10.5 Å². The second kappa shape index (κ2) is 4.34. The zero-order valence-electron chi connectivity index (χ0n) is 9.41. The Hall–Kier alpha value is -1.51. The first-order chi connectivity index (χ1) is 6.89. The van der Waals surface area contributed by atoms with Gasteiger partial charge in [-0.05, 0) is 12.1 Å². The fourth-order valence-corrected chi connectivity index (χ4v) is 0.970. The van der Waals surface area contributed by atoms with Crippen molar-refractivity contribution in [2.75, 3.05) is 12.3 Å². The average Bonchev–Trinajstić information content (AvgIpc) is 2.12. The molecule has 0 aromatic heterocycles. The van der Waals surface area contributed by atoms with E-state index in [1.165, 1.54) is 0 Å². The van der Waals surface area contributed by atoms with E-state index in [9.17, 15) is 4.79 Å². The molecular formula is C12H17NO2. The summed E-state index contributed by atoms with van der Waals surface area (Å²) in [5.74, 6) is 0.706. The third kappa shape index (κ3) is 3.62. The normalized spacial score (nSPS) is 11.1. The lowest BCUT2D eigenvalue weighted by Gasteiger charge is -2.16. The summed E-state index contributed by atoms with van der Waals surface area (Å²) in [7, 11) is 0. The van der Waals surface area contributed by atoms with Gasteiger partial charge in [0.05, 0.1) is 0 Å². The van der Waals surface area contributed by atoms with E-state index in [-0.39, 0.29) is 17.8 Å². The molecule has 3 nitrogen and oxygen atoms in total. The maximum absolute atomic E-state index is 11.6. The van der Waals surface area contributed by atoms with Crippen LogP contribution in [0.4, 0.5) is 5.69 Å². The number of nitrogens with two attached hydrogens (primary N) is 1. The van der Waals surface area contributed by atoms with Gasteiger partial charge in [0.1, 0.15) is 12.4 Å². The Labute approximate surface area is 90.2 Å². The molecule has 0 unspecified atom stereocenters. The minimum Gasteiger partial charge on any atom is -0.486 e. The van der Waals surface area contributed by atoms with E-state index in [1.54, 1.807) is 24.3 Å². The largest absolute Gasteiger partial charge is 0.486 e. The number of ether oxygens (including phenoxy) is 1. The Morgan fingerprint density at radius 3 is 2.60 bits per heavy atom. The molecule has 0 amide bonds. The van der Waals surface area contributed by atoms with Crippen LogP contribution in [0.1, 0.15) is 20.8 Å². The number of benzene rings is 1. The minimum absolute atomic E-state index is 0.0740. The third-order valence-corrected chi connectivity index (χ3v) is 2.06. The molecule has 0 saturated carbocycles. The number of hydrogen-bond acceptors (Lipinski definition) is 3. The predicted octanol–water partition coefficient (Wildman–Crippen LogP) is 2.26. The van der Waals surface area contributed by atoms with Gasteiger partial charge in [0.2, 0.25) is 0 Å². The molecule has 0 radical (unpaired) electrons. The number of anilines is 1. The van der Waals surface area contributed by atoms with Crippen LogP contribution >= 0.6 is 0 Å². The lowest BCUT2D eigenvalue weighted by atomic mass is 9.91. The maximum Gasteiger partial charge on any atom is 0.175 e. The van der Waals surface area contributed by atoms with Gasteiger partial charge in [0, 0.05) is 17.2 Å². The Balaban J connectivity index is 2.55. The lowest BCUT2D eigenvalue weighted by molar-refractivity contribution is -0.128. The SMILES string of the molecule is CC(C)(C)C(=O)COc1cccc(N)c1. The van der Waals surface area contributed by atoms with Gasteiger partial charge < -0.3 is 10.5 Å². The fourth-order valence-electron chi connectivity index (χ4n) is 0.970. The molecule has 82 valence electrons. The lowest BCUT2D eigenvalue weighted by Crippen LogP contribution is -2.26. The summed E-state index contributed by atoms with van der Waals surface area (Å²) in [4.78, 5) is 11.6. The topological polar surface area (TPSA) is 52.3 Å². The van der Waals surface area contributed by atoms with Crippen molar-refractivity contribution in [3.05, 3.63) is 24.3 Å². The second-order valence-corrected chi connectivity index (χ2v) is 4.53. The maximum atomic E-state index is 11.6. The van der Waals surface area contributed by atoms with Gasteiger partial charge in [-0.15, -0.1) is 0 Å². The molecule has 3 heteroatoms. The number of nitrogen functional groups attached to an aromatic ring is 1. The monoisotopic (exact) mass is 207 g/mol. The Morgan fingerprint density at radius 2 is 2.07 bits per heavy atom. The van der Waals surface area contributed by atoms with Crippen LogP contribution in [0.3, 0.4) is 0 Å². The van der Waals surface area contributed by atoms with Crippen molar-refractivity contribution in [2.24, 2.45) is 5.41 Å². The van der Waals surface area contributed by atoms with Gasteiger partial charge >= 0.3 is 0 Å². The number of carbonyl (C=O) groups is 1. The molecule has 0 fully saturated rings. The van der Waals surface area contributed by atoms with E-state index in [2.05, 4.69) is 0 Å². The summed E-state index contributed by atoms with van der Waals surface area (Å²) in [6, 6.07) is 7.06. The van der Waals surface area contributed by atoms with Crippen LogP contribution in [0.5, 0.6) is 5.75 Å². The molecule has 0 bridgehead atoms. The van der Waals surface area contributed by atoms with E-state index in [4.69, 9.17) is 10.5 Å². The van der Waals surface area contributed by atoms with Crippen LogP contribution in [-0.2, 0) is 4.79 Å². The summed E-state index contributed by atoms with van der Waals surface area (Å²) < 4.78 is 5.35. The minimum atomic E-state index is -0.361. The zero-order chi connectivity index (χ0) is 11.5. The van der Waals surface area contributed by atoms with Crippen LogP contribution in [-0.4, -0.2) is 12.4 Å². The number of hydrogen-bond donors (Lipinski definition) is 1. The van der Waals surface area contributed by atoms with Crippen molar-refractivity contribution in [1.29, 1.82) is 0 Å². The van der Waals surface area contributed by atoms with Crippen molar-refractivity contribution in [1.82, 2.24) is 0 Å². The number of carbonyl (C=O) groups excluding carboxylic acids is 1. The Morgan fingerprint density at radius 1 is 1.40 bits per heavy atom. The van der Waals surface area contributed by atoms with E-state index in [1.807, 2.05) is 20.8 Å². The smallest absolute Gasteiger partial charge is 0.175 e. The molecule has 1 aromatic carbocycles. The molecule has 2 N–H and O–H groups in total. The van der Waals surface area contributed by atoms with Crippen molar-refractivity contribution < 1.29 is 9.53 Å². The molecule has 1 rings (SSSR count). The van der Waals surface area contributed by atoms with E-state index in [0.29, 0.717) is 11.4 Å². The summed E-state index contributed by atoms with van der Waals surface area (Å²) in [6.07, 6.45) is 0.